The summed E-state index contributed by atoms with van der Waals surface area (Å²) >= 11 is 0. The molecule has 1 aromatic carbocycles. The lowest BCUT2D eigenvalue weighted by Gasteiger charge is -2.05. The summed E-state index contributed by atoms with van der Waals surface area (Å²) in [5, 5.41) is 18.8. The molecule has 2 rings (SSSR count). The van der Waals surface area contributed by atoms with Gasteiger partial charge in [0.15, 0.2) is 0 Å². The van der Waals surface area contributed by atoms with E-state index in [1.165, 1.54) is 0 Å². The van der Waals surface area contributed by atoms with Gasteiger partial charge in [-0.05, 0) is 19.1 Å². The molecule has 0 amide bonds. The normalized spacial score (nSPS) is 13.7. The minimum atomic E-state index is -0.914. The van der Waals surface area contributed by atoms with Gasteiger partial charge in [0.2, 0.25) is 0 Å². The fraction of sp³-hybridized carbons (Fsp3) is 0.286. The average molecular weight is 261 g/mol. The molecule has 0 radical (unpaired) electrons. The predicted octanol–water partition coefficient (Wildman–Crippen LogP) is 0.955. The summed E-state index contributed by atoms with van der Waals surface area (Å²) < 4.78 is 5.20. The summed E-state index contributed by atoms with van der Waals surface area (Å²) in [6.07, 6.45) is -0.914. The summed E-state index contributed by atoms with van der Waals surface area (Å²) in [5.74, 6) is 0. The highest BCUT2D eigenvalue weighted by Crippen LogP contribution is 2.13. The van der Waals surface area contributed by atoms with Crippen LogP contribution in [-0.2, 0) is 0 Å². The van der Waals surface area contributed by atoms with Crippen LogP contribution in [0.5, 0.6) is 0 Å². The van der Waals surface area contributed by atoms with E-state index >= 15 is 0 Å². The standard InChI is InChI=1S/C14H15NO4/c1-9(15-7-11(17)8-16)12-6-10-4-2-3-5-13(10)19-14(12)18/h2-6,11,16-17H,7-8H2,1H3/t11-/m1/s1. The van der Waals surface area contributed by atoms with E-state index in [1.807, 2.05) is 12.1 Å². The van der Waals surface area contributed by atoms with Crippen LogP contribution in [0.4, 0.5) is 0 Å². The number of rotatable bonds is 4. The van der Waals surface area contributed by atoms with Crippen LogP contribution in [0.25, 0.3) is 11.0 Å². The number of benzene rings is 1. The van der Waals surface area contributed by atoms with E-state index in [2.05, 4.69) is 4.99 Å². The van der Waals surface area contributed by atoms with Gasteiger partial charge in [-0.25, -0.2) is 4.79 Å². The Balaban J connectivity index is 2.39. The molecule has 2 aromatic rings. The maximum atomic E-state index is 11.8. The Morgan fingerprint density at radius 3 is 2.89 bits per heavy atom. The van der Waals surface area contributed by atoms with Crippen molar-refractivity contribution < 1.29 is 14.6 Å². The Kier molecular flexibility index (Phi) is 4.09. The van der Waals surface area contributed by atoms with Crippen molar-refractivity contribution in [3.8, 4) is 0 Å². The van der Waals surface area contributed by atoms with Crippen LogP contribution in [0.15, 0.2) is 44.5 Å². The molecule has 100 valence electrons. The average Bonchev–Trinajstić information content (AvgIpc) is 2.43. The third kappa shape index (κ3) is 3.07. The minimum absolute atomic E-state index is 0.0502. The number of para-hydroxylation sites is 1. The first-order valence-electron chi connectivity index (χ1n) is 5.95. The molecule has 0 aliphatic heterocycles. The maximum Gasteiger partial charge on any atom is 0.345 e. The quantitative estimate of drug-likeness (QED) is 0.634. The van der Waals surface area contributed by atoms with Crippen LogP contribution in [0.2, 0.25) is 0 Å². The molecule has 19 heavy (non-hydrogen) atoms. The minimum Gasteiger partial charge on any atom is -0.422 e. The van der Waals surface area contributed by atoms with Gasteiger partial charge in [-0.2, -0.15) is 0 Å². The summed E-state index contributed by atoms with van der Waals surface area (Å²) in [6.45, 7) is 1.36. The second kappa shape index (κ2) is 5.77. The fourth-order valence-corrected chi connectivity index (χ4v) is 1.70. The third-order valence-corrected chi connectivity index (χ3v) is 2.78. The number of fused-ring (bicyclic) bond motifs is 1. The van der Waals surface area contributed by atoms with Gasteiger partial charge in [0, 0.05) is 11.1 Å². The van der Waals surface area contributed by atoms with Crippen LogP contribution in [0, 0.1) is 0 Å². The summed E-state index contributed by atoms with van der Waals surface area (Å²) in [5.41, 5.74) is 0.911. The van der Waals surface area contributed by atoms with Gasteiger partial charge < -0.3 is 14.6 Å². The summed E-state index contributed by atoms with van der Waals surface area (Å²) in [6, 6.07) is 8.93. The zero-order valence-corrected chi connectivity index (χ0v) is 10.5. The molecule has 1 heterocycles. The van der Waals surface area contributed by atoms with Crippen LogP contribution in [0.1, 0.15) is 12.5 Å². The van der Waals surface area contributed by atoms with Gasteiger partial charge in [-0.1, -0.05) is 18.2 Å². The lowest BCUT2D eigenvalue weighted by molar-refractivity contribution is 0.102. The van der Waals surface area contributed by atoms with Gasteiger partial charge in [-0.3, -0.25) is 4.99 Å². The Hall–Kier alpha value is -1.98. The topological polar surface area (TPSA) is 83.0 Å². The number of aliphatic imine (C=N–C) groups is 1. The van der Waals surface area contributed by atoms with E-state index in [4.69, 9.17) is 9.52 Å². The zero-order valence-electron chi connectivity index (χ0n) is 10.5. The van der Waals surface area contributed by atoms with Crippen molar-refractivity contribution >= 4 is 16.7 Å². The van der Waals surface area contributed by atoms with Gasteiger partial charge in [0.25, 0.3) is 0 Å². The Bertz CT molecular complexity index is 660. The van der Waals surface area contributed by atoms with Crippen LogP contribution < -0.4 is 5.63 Å². The van der Waals surface area contributed by atoms with Crippen LogP contribution >= 0.6 is 0 Å². The molecule has 0 aliphatic carbocycles. The fourth-order valence-electron chi connectivity index (χ4n) is 1.70. The summed E-state index contributed by atoms with van der Waals surface area (Å²) in [7, 11) is 0. The van der Waals surface area contributed by atoms with Crippen molar-refractivity contribution in [3.63, 3.8) is 0 Å². The number of nitrogens with zero attached hydrogens (tertiary/aromatic N) is 1. The molecule has 0 saturated heterocycles. The van der Waals surface area contributed by atoms with Crippen LogP contribution in [0.3, 0.4) is 0 Å². The van der Waals surface area contributed by atoms with Gasteiger partial charge in [0.05, 0.1) is 24.8 Å². The van der Waals surface area contributed by atoms with E-state index in [-0.39, 0.29) is 13.2 Å². The molecule has 1 atom stereocenters. The SMILES string of the molecule is CC(=NC[C@@H](O)CO)c1cc2ccccc2oc1=O. The maximum absolute atomic E-state index is 11.8. The first-order valence-corrected chi connectivity index (χ1v) is 5.95. The van der Waals surface area contributed by atoms with E-state index in [9.17, 15) is 9.90 Å². The molecule has 0 bridgehead atoms. The smallest absolute Gasteiger partial charge is 0.345 e. The van der Waals surface area contributed by atoms with Gasteiger partial charge >= 0.3 is 5.63 Å². The lowest BCUT2D eigenvalue weighted by Crippen LogP contribution is -2.18. The molecule has 5 heteroatoms. The van der Waals surface area contributed by atoms with E-state index in [1.54, 1.807) is 25.1 Å². The van der Waals surface area contributed by atoms with Crippen molar-refractivity contribution in [2.75, 3.05) is 13.2 Å². The third-order valence-electron chi connectivity index (χ3n) is 2.78. The molecule has 0 saturated carbocycles. The Labute approximate surface area is 109 Å². The van der Waals surface area contributed by atoms with Crippen LogP contribution in [-0.4, -0.2) is 35.2 Å². The predicted molar refractivity (Wildman–Crippen MR) is 72.7 cm³/mol. The molecular formula is C14H15NO4. The highest BCUT2D eigenvalue weighted by atomic mass is 16.4. The molecular weight excluding hydrogens is 246 g/mol. The monoisotopic (exact) mass is 261 g/mol. The van der Waals surface area contributed by atoms with E-state index < -0.39 is 11.7 Å². The molecule has 1 aromatic heterocycles. The number of hydrogen-bond donors (Lipinski definition) is 2. The molecule has 5 nitrogen and oxygen atoms in total. The highest BCUT2D eigenvalue weighted by molar-refractivity contribution is 6.00. The van der Waals surface area contributed by atoms with Crippen molar-refractivity contribution in [2.24, 2.45) is 4.99 Å². The van der Waals surface area contributed by atoms with E-state index in [0.29, 0.717) is 16.9 Å². The first-order chi connectivity index (χ1) is 9.11. The Morgan fingerprint density at radius 2 is 2.16 bits per heavy atom. The van der Waals surface area contributed by atoms with Crippen molar-refractivity contribution in [2.45, 2.75) is 13.0 Å². The molecule has 0 fully saturated rings. The summed E-state index contributed by atoms with van der Waals surface area (Å²) in [4.78, 5) is 15.9. The lowest BCUT2D eigenvalue weighted by atomic mass is 10.1. The molecule has 0 unspecified atom stereocenters. The van der Waals surface area contributed by atoms with Gasteiger partial charge in [0.1, 0.15) is 5.58 Å². The highest BCUT2D eigenvalue weighted by Gasteiger charge is 2.08. The second-order valence-corrected chi connectivity index (χ2v) is 4.25. The zero-order chi connectivity index (χ0) is 13.8. The van der Waals surface area contributed by atoms with Gasteiger partial charge in [-0.15, -0.1) is 0 Å². The Morgan fingerprint density at radius 1 is 1.42 bits per heavy atom. The molecule has 2 N–H and O–H groups in total. The number of aliphatic hydroxyl groups excluding tert-OH is 2. The van der Waals surface area contributed by atoms with Crippen molar-refractivity contribution in [3.05, 3.63) is 46.3 Å². The van der Waals surface area contributed by atoms with E-state index in [0.717, 1.165) is 5.39 Å². The number of hydrogen-bond acceptors (Lipinski definition) is 5. The van der Waals surface area contributed by atoms with Crippen molar-refractivity contribution in [1.29, 1.82) is 0 Å². The second-order valence-electron chi connectivity index (χ2n) is 4.25. The molecule has 0 aliphatic rings. The largest absolute Gasteiger partial charge is 0.422 e. The number of aliphatic hydroxyl groups is 2. The first kappa shape index (κ1) is 13.5. The molecule has 0 spiro atoms. The van der Waals surface area contributed by atoms with Crippen molar-refractivity contribution in [1.82, 2.24) is 0 Å².